The fourth-order valence-electron chi connectivity index (χ4n) is 2.79. The number of azo groups is 1. The zero-order valence-electron chi connectivity index (χ0n) is 31.8. The van der Waals surface area contributed by atoms with E-state index in [-0.39, 0.29) is 6.42 Å². The largest absolute Gasteiger partial charge is 0.494 e. The Labute approximate surface area is 234 Å². The molecule has 0 bridgehead atoms. The standard InChI is InChI=1S/C28H35N3O6/c29-19-22-10-12-24(13-11-22)30-31-25-14-16-26(17-15-25)36-18-6-2-1-3-7-23(20-32)21-37-28(35)9-5-4-8-27(33)34/h10-17,23,32H,1-9,18,20-21H2,(H,33,34)/i4D2,5D2,8D2,9D2,20D2,21D2. The van der Waals surface area contributed by atoms with Crippen LogP contribution in [-0.2, 0) is 14.3 Å². The molecule has 0 saturated heterocycles. The monoisotopic (exact) mass is 521 g/mol. The van der Waals surface area contributed by atoms with Crippen molar-refractivity contribution in [1.29, 1.82) is 5.26 Å². The predicted molar refractivity (Wildman–Crippen MR) is 138 cm³/mol. The van der Waals surface area contributed by atoms with Gasteiger partial charge in [-0.15, -0.1) is 0 Å². The lowest BCUT2D eigenvalue weighted by atomic mass is 10.0. The first-order valence-corrected chi connectivity index (χ1v) is 11.3. The van der Waals surface area contributed by atoms with Gasteiger partial charge in [-0.2, -0.15) is 15.5 Å². The molecule has 1 unspecified atom stereocenters. The highest BCUT2D eigenvalue weighted by molar-refractivity contribution is 5.69. The van der Waals surface area contributed by atoms with E-state index in [1.165, 1.54) is 0 Å². The van der Waals surface area contributed by atoms with Crippen LogP contribution < -0.4 is 4.74 Å². The summed E-state index contributed by atoms with van der Waals surface area (Å²) in [5.41, 5.74) is 1.65. The Morgan fingerprint density at radius 2 is 1.57 bits per heavy atom. The van der Waals surface area contributed by atoms with E-state index in [0.717, 1.165) is 0 Å². The lowest BCUT2D eigenvalue weighted by molar-refractivity contribution is -0.146. The van der Waals surface area contributed by atoms with Crippen LogP contribution in [-0.4, -0.2) is 41.9 Å². The Hall–Kier alpha value is -3.77. The SMILES string of the molecule is [2H]C([2H])(O)C(CCCCCCOc1ccc(N=Nc2ccc(C#N)cc2)cc1)C([2H])([2H])OC(=O)C([2H])([2H])C([2H])([2H])C([2H])([2H])C([2H])([2H])C(=O)O. The van der Waals surface area contributed by atoms with E-state index in [2.05, 4.69) is 15.0 Å². The van der Waals surface area contributed by atoms with Crippen LogP contribution in [0.25, 0.3) is 0 Å². The molecule has 2 aromatic rings. The molecule has 2 rings (SSSR count). The molecule has 0 spiro atoms. The number of aliphatic hydroxyl groups is 1. The maximum Gasteiger partial charge on any atom is 0.305 e. The van der Waals surface area contributed by atoms with Crippen LogP contribution in [0, 0.1) is 17.2 Å². The third-order valence-electron chi connectivity index (χ3n) is 4.62. The van der Waals surface area contributed by atoms with Gasteiger partial charge in [-0.05, 0) is 74.1 Å². The number of ether oxygens (including phenoxy) is 2. The number of benzene rings is 2. The van der Waals surface area contributed by atoms with Gasteiger partial charge in [0.25, 0.3) is 0 Å². The van der Waals surface area contributed by atoms with Gasteiger partial charge in [0.2, 0.25) is 0 Å². The van der Waals surface area contributed by atoms with Gasteiger partial charge in [0.05, 0.1) is 41.7 Å². The maximum absolute atomic E-state index is 12.6. The van der Waals surface area contributed by atoms with Gasteiger partial charge in [-0.1, -0.05) is 19.3 Å². The summed E-state index contributed by atoms with van der Waals surface area (Å²) in [6.07, 6.45) is -15.5. The van der Waals surface area contributed by atoms with Crippen LogP contribution in [0.5, 0.6) is 5.75 Å². The number of carboxylic acid groups (broad SMARTS) is 1. The van der Waals surface area contributed by atoms with Crippen molar-refractivity contribution in [3.8, 4) is 11.8 Å². The molecule has 2 aromatic carbocycles. The Morgan fingerprint density at radius 1 is 0.946 bits per heavy atom. The van der Waals surface area contributed by atoms with E-state index in [1.54, 1.807) is 48.5 Å². The van der Waals surface area contributed by atoms with Crippen molar-refractivity contribution in [1.82, 2.24) is 0 Å². The summed E-state index contributed by atoms with van der Waals surface area (Å²) in [4.78, 5) is 23.8. The van der Waals surface area contributed by atoms with Crippen LogP contribution in [0.3, 0.4) is 0 Å². The molecule has 0 radical (unpaired) electrons. The van der Waals surface area contributed by atoms with E-state index in [9.17, 15) is 14.7 Å². The molecule has 9 heteroatoms. The number of nitriles is 1. The van der Waals surface area contributed by atoms with Crippen molar-refractivity contribution in [2.45, 2.75) is 57.6 Å². The van der Waals surface area contributed by atoms with Crippen LogP contribution >= 0.6 is 0 Å². The number of hydrogen-bond acceptors (Lipinski definition) is 8. The lowest BCUT2D eigenvalue weighted by Gasteiger charge is -2.14. The van der Waals surface area contributed by atoms with Gasteiger partial charge in [0.1, 0.15) is 5.75 Å². The summed E-state index contributed by atoms with van der Waals surface area (Å²) in [6, 6.07) is 15.4. The number of nitrogens with zero attached hydrogens (tertiary/aromatic N) is 3. The second-order valence-electron chi connectivity index (χ2n) is 7.40. The highest BCUT2D eigenvalue weighted by Gasteiger charge is 2.11. The summed E-state index contributed by atoms with van der Waals surface area (Å²) in [7, 11) is 0. The molecule has 198 valence electrons. The molecular formula is C28H35N3O6. The molecule has 0 saturated carbocycles. The van der Waals surface area contributed by atoms with Gasteiger partial charge in [0, 0.05) is 36.2 Å². The number of aliphatic carboxylic acids is 1. The molecule has 0 amide bonds. The zero-order chi connectivity index (χ0) is 37.5. The van der Waals surface area contributed by atoms with Crippen LogP contribution in [0.4, 0.5) is 11.4 Å². The molecule has 0 aliphatic heterocycles. The molecule has 2 N–H and O–H groups in total. The fraction of sp³-hybridized carbons (Fsp3) is 0.464. The second kappa shape index (κ2) is 17.6. The number of hydrogen-bond donors (Lipinski definition) is 2. The Kier molecular flexibility index (Phi) is 7.69. The van der Waals surface area contributed by atoms with Gasteiger partial charge >= 0.3 is 11.9 Å². The molecular weight excluding hydrogens is 474 g/mol. The van der Waals surface area contributed by atoms with Gasteiger partial charge < -0.3 is 19.7 Å². The first-order valence-electron chi connectivity index (χ1n) is 17.3. The van der Waals surface area contributed by atoms with E-state index < -0.39 is 62.9 Å². The third kappa shape index (κ3) is 13.2. The Balaban J connectivity index is 1.91. The average molecular weight is 522 g/mol. The summed E-state index contributed by atoms with van der Waals surface area (Å²) < 4.78 is 103. The molecule has 0 aromatic heterocycles. The molecule has 1 atom stereocenters. The molecule has 9 nitrogen and oxygen atoms in total. The summed E-state index contributed by atoms with van der Waals surface area (Å²) >= 11 is 0. The number of carbonyl (C=O) groups excluding carboxylic acids is 1. The molecule has 0 aliphatic carbocycles. The van der Waals surface area contributed by atoms with E-state index in [0.29, 0.717) is 48.6 Å². The third-order valence-corrected chi connectivity index (χ3v) is 4.62. The van der Waals surface area contributed by atoms with Crippen LogP contribution in [0.1, 0.15) is 79.6 Å². The van der Waals surface area contributed by atoms with Crippen LogP contribution in [0.2, 0.25) is 0 Å². The van der Waals surface area contributed by atoms with Crippen molar-refractivity contribution < 1.29 is 45.7 Å². The van der Waals surface area contributed by atoms with Crippen molar-refractivity contribution in [3.05, 3.63) is 54.1 Å². The molecule has 0 fully saturated rings. The highest BCUT2D eigenvalue weighted by atomic mass is 16.5. The minimum Gasteiger partial charge on any atom is -0.494 e. The summed E-state index contributed by atoms with van der Waals surface area (Å²) in [6.45, 7) is -6.49. The van der Waals surface area contributed by atoms with Crippen molar-refractivity contribution >= 4 is 23.3 Å². The first-order chi connectivity index (χ1) is 22.4. The topological polar surface area (TPSA) is 142 Å². The maximum atomic E-state index is 12.6. The average Bonchev–Trinajstić information content (AvgIpc) is 3.00. The van der Waals surface area contributed by atoms with E-state index in [4.69, 9.17) is 31.6 Å². The van der Waals surface area contributed by atoms with E-state index >= 15 is 0 Å². The molecule has 0 aliphatic rings. The Morgan fingerprint density at radius 3 is 2.19 bits per heavy atom. The molecule has 0 heterocycles. The van der Waals surface area contributed by atoms with Gasteiger partial charge in [-0.25, -0.2) is 0 Å². The minimum atomic E-state index is -4.23. The summed E-state index contributed by atoms with van der Waals surface area (Å²) in [5.74, 6) is -6.45. The van der Waals surface area contributed by atoms with Crippen molar-refractivity contribution in [2.24, 2.45) is 16.1 Å². The lowest BCUT2D eigenvalue weighted by Crippen LogP contribution is -2.17. The zero-order valence-corrected chi connectivity index (χ0v) is 19.8. The molecule has 37 heavy (non-hydrogen) atoms. The minimum absolute atomic E-state index is 0.0931. The number of unbranched alkanes of at least 4 members (excludes halogenated alkanes) is 3. The number of esters is 1. The predicted octanol–water partition coefficient (Wildman–Crippen LogP) is 6.10. The van der Waals surface area contributed by atoms with Gasteiger partial charge in [0.15, 0.2) is 0 Å². The first kappa shape index (κ1) is 16.2. The number of carboxylic acids is 1. The number of carbonyl (C=O) groups is 2. The normalized spacial score (nSPS) is 18.8. The summed E-state index contributed by atoms with van der Waals surface area (Å²) in [5, 5.41) is 36.1. The van der Waals surface area contributed by atoms with Gasteiger partial charge in [-0.3, -0.25) is 9.59 Å². The fourth-order valence-corrected chi connectivity index (χ4v) is 2.79. The van der Waals surface area contributed by atoms with Crippen molar-refractivity contribution in [3.63, 3.8) is 0 Å². The van der Waals surface area contributed by atoms with Crippen molar-refractivity contribution in [2.75, 3.05) is 19.7 Å². The highest BCUT2D eigenvalue weighted by Crippen LogP contribution is 2.22. The second-order valence-corrected chi connectivity index (χ2v) is 7.40. The number of rotatable bonds is 18. The van der Waals surface area contributed by atoms with E-state index in [1.807, 2.05) is 6.07 Å². The Bertz CT molecular complexity index is 1510. The smallest absolute Gasteiger partial charge is 0.305 e. The quantitative estimate of drug-likeness (QED) is 0.137. The van der Waals surface area contributed by atoms with Crippen LogP contribution in [0.15, 0.2) is 58.8 Å².